The van der Waals surface area contributed by atoms with Gasteiger partial charge in [-0.1, -0.05) is 20.8 Å². The van der Waals surface area contributed by atoms with Crippen LogP contribution >= 0.6 is 0 Å². The molecule has 0 spiro atoms. The third-order valence-electron chi connectivity index (χ3n) is 4.10. The van der Waals surface area contributed by atoms with Crippen LogP contribution in [0.1, 0.15) is 46.5 Å². The Hall–Kier alpha value is -0.0400. The third kappa shape index (κ3) is 1.76. The van der Waals surface area contributed by atoms with Crippen LogP contribution in [0.3, 0.4) is 0 Å². The molecule has 2 aliphatic carbocycles. The lowest BCUT2D eigenvalue weighted by Gasteiger charge is -2.15. The Labute approximate surface area is 82.3 Å². The van der Waals surface area contributed by atoms with E-state index in [4.69, 9.17) is 0 Å². The van der Waals surface area contributed by atoms with Crippen molar-refractivity contribution in [3.8, 4) is 0 Å². The van der Waals surface area contributed by atoms with Gasteiger partial charge >= 0.3 is 0 Å². The lowest BCUT2D eigenvalue weighted by Crippen LogP contribution is -2.26. The molecule has 2 unspecified atom stereocenters. The van der Waals surface area contributed by atoms with Crippen LogP contribution in [0.4, 0.5) is 0 Å². The van der Waals surface area contributed by atoms with E-state index in [1.54, 1.807) is 0 Å². The highest BCUT2D eigenvalue weighted by molar-refractivity contribution is 5.10. The number of rotatable bonds is 5. The van der Waals surface area contributed by atoms with Gasteiger partial charge in [0.25, 0.3) is 0 Å². The maximum absolute atomic E-state index is 3.58. The maximum Gasteiger partial charge on any atom is 0.00104 e. The van der Waals surface area contributed by atoms with E-state index in [1.165, 1.54) is 32.2 Å². The molecule has 0 aromatic heterocycles. The first-order valence-electron chi connectivity index (χ1n) is 5.92. The first kappa shape index (κ1) is 9.51. The summed E-state index contributed by atoms with van der Waals surface area (Å²) in [7, 11) is 0. The first-order chi connectivity index (χ1) is 6.19. The summed E-state index contributed by atoms with van der Waals surface area (Å²) in [4.78, 5) is 0. The molecule has 1 nitrogen and oxygen atoms in total. The summed E-state index contributed by atoms with van der Waals surface area (Å²) in [6.07, 6.45) is 5.97. The van der Waals surface area contributed by atoms with Crippen LogP contribution in [-0.4, -0.2) is 12.6 Å². The van der Waals surface area contributed by atoms with E-state index in [1.807, 2.05) is 0 Å². The fourth-order valence-corrected chi connectivity index (χ4v) is 2.93. The Kier molecular flexibility index (Phi) is 2.39. The van der Waals surface area contributed by atoms with Crippen LogP contribution in [0.5, 0.6) is 0 Å². The summed E-state index contributed by atoms with van der Waals surface area (Å²) in [6, 6.07) is 0.661. The number of nitrogens with one attached hydrogen (secondary N) is 1. The van der Waals surface area contributed by atoms with Gasteiger partial charge < -0.3 is 5.32 Å². The Morgan fingerprint density at radius 2 is 2.08 bits per heavy atom. The molecule has 2 rings (SSSR count). The third-order valence-corrected chi connectivity index (χ3v) is 4.10. The topological polar surface area (TPSA) is 12.0 Å². The summed E-state index contributed by atoms with van der Waals surface area (Å²) < 4.78 is 0. The van der Waals surface area contributed by atoms with Gasteiger partial charge in [-0.05, 0) is 49.5 Å². The van der Waals surface area contributed by atoms with Crippen molar-refractivity contribution in [1.82, 2.24) is 5.32 Å². The van der Waals surface area contributed by atoms with Crippen molar-refractivity contribution in [2.24, 2.45) is 17.3 Å². The molecule has 2 saturated carbocycles. The standard InChI is InChI=1S/C12H23N/c1-4-12(10-5-6-10)7-11(12)8-13-9(2)3/h9-11,13H,4-8H2,1-3H3. The van der Waals surface area contributed by atoms with E-state index in [2.05, 4.69) is 26.1 Å². The maximum atomic E-state index is 3.58. The van der Waals surface area contributed by atoms with Crippen LogP contribution in [0.2, 0.25) is 0 Å². The highest BCUT2D eigenvalue weighted by Crippen LogP contribution is 2.67. The quantitative estimate of drug-likeness (QED) is 0.687. The molecule has 0 aromatic carbocycles. The lowest BCUT2D eigenvalue weighted by atomic mass is 9.94. The lowest BCUT2D eigenvalue weighted by molar-refractivity contribution is 0.365. The average Bonchev–Trinajstić information content (AvgIpc) is 2.95. The van der Waals surface area contributed by atoms with Crippen molar-refractivity contribution in [3.63, 3.8) is 0 Å². The van der Waals surface area contributed by atoms with Crippen LogP contribution in [-0.2, 0) is 0 Å². The molecule has 13 heavy (non-hydrogen) atoms. The molecule has 2 atom stereocenters. The fraction of sp³-hybridized carbons (Fsp3) is 1.00. The highest BCUT2D eigenvalue weighted by Gasteiger charge is 2.59. The number of hydrogen-bond acceptors (Lipinski definition) is 1. The van der Waals surface area contributed by atoms with Crippen molar-refractivity contribution in [1.29, 1.82) is 0 Å². The Balaban J connectivity index is 1.78. The zero-order valence-corrected chi connectivity index (χ0v) is 9.27. The minimum absolute atomic E-state index is 0.661. The molecule has 0 aliphatic heterocycles. The van der Waals surface area contributed by atoms with Gasteiger partial charge in [-0.25, -0.2) is 0 Å². The molecular weight excluding hydrogens is 158 g/mol. The van der Waals surface area contributed by atoms with Crippen LogP contribution < -0.4 is 5.32 Å². The second kappa shape index (κ2) is 3.27. The summed E-state index contributed by atoms with van der Waals surface area (Å²) in [5.41, 5.74) is 0.794. The zero-order valence-electron chi connectivity index (χ0n) is 9.27. The van der Waals surface area contributed by atoms with Gasteiger partial charge in [0.15, 0.2) is 0 Å². The van der Waals surface area contributed by atoms with Crippen molar-refractivity contribution in [2.45, 2.75) is 52.5 Å². The van der Waals surface area contributed by atoms with Crippen molar-refractivity contribution >= 4 is 0 Å². The van der Waals surface area contributed by atoms with Gasteiger partial charge in [-0.15, -0.1) is 0 Å². The smallest absolute Gasteiger partial charge is 0.00104 e. The van der Waals surface area contributed by atoms with Gasteiger partial charge in [-0.3, -0.25) is 0 Å². The number of hydrogen-bond donors (Lipinski definition) is 1. The van der Waals surface area contributed by atoms with E-state index in [0.29, 0.717) is 6.04 Å². The second-order valence-electron chi connectivity index (χ2n) is 5.32. The minimum Gasteiger partial charge on any atom is -0.314 e. The van der Waals surface area contributed by atoms with E-state index < -0.39 is 0 Å². The zero-order chi connectivity index (χ0) is 9.47. The van der Waals surface area contributed by atoms with E-state index in [0.717, 1.165) is 17.3 Å². The summed E-state index contributed by atoms with van der Waals surface area (Å²) in [6.45, 7) is 8.13. The van der Waals surface area contributed by atoms with Gasteiger partial charge in [0.05, 0.1) is 0 Å². The van der Waals surface area contributed by atoms with Crippen molar-refractivity contribution in [2.75, 3.05) is 6.54 Å². The monoisotopic (exact) mass is 181 g/mol. The first-order valence-corrected chi connectivity index (χ1v) is 5.92. The van der Waals surface area contributed by atoms with Crippen molar-refractivity contribution < 1.29 is 0 Å². The predicted molar refractivity (Wildman–Crippen MR) is 56.7 cm³/mol. The van der Waals surface area contributed by atoms with E-state index in [-0.39, 0.29) is 0 Å². The van der Waals surface area contributed by atoms with Crippen molar-refractivity contribution in [3.05, 3.63) is 0 Å². The molecule has 2 aliphatic rings. The molecule has 0 amide bonds. The molecule has 76 valence electrons. The molecule has 0 heterocycles. The summed E-state index contributed by atoms with van der Waals surface area (Å²) in [5, 5.41) is 3.58. The summed E-state index contributed by atoms with van der Waals surface area (Å²) >= 11 is 0. The van der Waals surface area contributed by atoms with Crippen LogP contribution in [0.25, 0.3) is 0 Å². The van der Waals surface area contributed by atoms with Crippen LogP contribution in [0.15, 0.2) is 0 Å². The second-order valence-corrected chi connectivity index (χ2v) is 5.32. The molecule has 1 N–H and O–H groups in total. The molecule has 0 aromatic rings. The molecule has 0 bridgehead atoms. The normalized spacial score (nSPS) is 38.3. The van der Waals surface area contributed by atoms with Gasteiger partial charge in [0, 0.05) is 6.04 Å². The Morgan fingerprint density at radius 3 is 2.54 bits per heavy atom. The molecule has 0 radical (unpaired) electrons. The fourth-order valence-electron chi connectivity index (χ4n) is 2.93. The van der Waals surface area contributed by atoms with Gasteiger partial charge in [0.2, 0.25) is 0 Å². The SMILES string of the molecule is CCC1(C2CC2)CC1CNC(C)C. The van der Waals surface area contributed by atoms with Gasteiger partial charge in [0.1, 0.15) is 0 Å². The molecule has 2 fully saturated rings. The predicted octanol–water partition coefficient (Wildman–Crippen LogP) is 2.81. The molecule has 0 saturated heterocycles. The minimum atomic E-state index is 0.661. The van der Waals surface area contributed by atoms with E-state index >= 15 is 0 Å². The van der Waals surface area contributed by atoms with Crippen LogP contribution in [0, 0.1) is 17.3 Å². The Bertz CT molecular complexity index is 184. The van der Waals surface area contributed by atoms with Gasteiger partial charge in [-0.2, -0.15) is 0 Å². The largest absolute Gasteiger partial charge is 0.314 e. The Morgan fingerprint density at radius 1 is 1.38 bits per heavy atom. The highest BCUT2D eigenvalue weighted by atomic mass is 14.9. The summed E-state index contributed by atoms with van der Waals surface area (Å²) in [5.74, 6) is 2.11. The molecular formula is C12H23N. The molecule has 1 heteroatoms. The van der Waals surface area contributed by atoms with E-state index in [9.17, 15) is 0 Å². The average molecular weight is 181 g/mol.